The molecule has 15 heavy (non-hydrogen) atoms. The molecule has 1 aromatic carbocycles. The van der Waals surface area contributed by atoms with Gasteiger partial charge in [0.15, 0.2) is 0 Å². The van der Waals surface area contributed by atoms with Crippen molar-refractivity contribution >= 4 is 23.4 Å². The topological polar surface area (TPSA) is 66.9 Å². The van der Waals surface area contributed by atoms with Crippen molar-refractivity contribution in [2.45, 2.75) is 18.2 Å². The van der Waals surface area contributed by atoms with E-state index < -0.39 is 5.91 Å². The molecule has 0 atom stereocenters. The van der Waals surface area contributed by atoms with Crippen LogP contribution < -0.4 is 5.73 Å². The second-order valence-corrected chi connectivity index (χ2v) is 4.28. The van der Waals surface area contributed by atoms with Crippen LogP contribution >= 0.6 is 11.8 Å². The summed E-state index contributed by atoms with van der Waals surface area (Å²) in [6, 6.07) is 7.33. The number of carbonyl (C=O) groups excluding carboxylic acids is 1. The smallest absolute Gasteiger partial charge is 0.267 e. The Morgan fingerprint density at radius 1 is 1.40 bits per heavy atom. The van der Waals surface area contributed by atoms with Crippen molar-refractivity contribution in [2.75, 3.05) is 5.75 Å². The van der Waals surface area contributed by atoms with Gasteiger partial charge in [-0.25, -0.2) is 0 Å². The van der Waals surface area contributed by atoms with Crippen molar-refractivity contribution in [3.63, 3.8) is 0 Å². The Bertz CT molecular complexity index is 359. The molecule has 0 aliphatic rings. The number of amides is 1. The Labute approximate surface area is 93.6 Å². The van der Waals surface area contributed by atoms with Crippen molar-refractivity contribution < 1.29 is 4.79 Å². The number of hydrogen-bond donors (Lipinski definition) is 2. The van der Waals surface area contributed by atoms with Gasteiger partial charge in [-0.2, -0.15) is 0 Å². The lowest BCUT2D eigenvalue weighted by atomic mass is 10.1. The predicted octanol–water partition coefficient (Wildman–Crippen LogP) is 2.04. The van der Waals surface area contributed by atoms with Crippen LogP contribution in [0.3, 0.4) is 0 Å². The Hall–Kier alpha value is -1.29. The number of carbonyl (C=O) groups is 1. The minimum atomic E-state index is -0.691. The van der Waals surface area contributed by atoms with Crippen molar-refractivity contribution in [3.05, 3.63) is 29.8 Å². The first kappa shape index (κ1) is 11.8. The molecule has 1 rings (SSSR count). The first-order valence-corrected chi connectivity index (χ1v) is 5.75. The minimum Gasteiger partial charge on any atom is -0.364 e. The zero-order valence-corrected chi connectivity index (χ0v) is 9.43. The molecule has 0 heterocycles. The van der Waals surface area contributed by atoms with Crippen LogP contribution in [0.25, 0.3) is 0 Å². The molecule has 3 nitrogen and oxygen atoms in total. The summed E-state index contributed by atoms with van der Waals surface area (Å²) < 4.78 is 0. The molecule has 0 aromatic heterocycles. The third kappa shape index (κ3) is 3.40. The summed E-state index contributed by atoms with van der Waals surface area (Å²) in [7, 11) is 0. The number of primary amides is 1. The Balaban J connectivity index is 2.72. The highest BCUT2D eigenvalue weighted by molar-refractivity contribution is 7.99. The number of nitrogens with one attached hydrogen (secondary N) is 1. The first-order valence-electron chi connectivity index (χ1n) is 4.76. The van der Waals surface area contributed by atoms with Crippen LogP contribution in [-0.4, -0.2) is 17.4 Å². The van der Waals surface area contributed by atoms with Crippen LogP contribution in [-0.2, 0) is 4.79 Å². The summed E-state index contributed by atoms with van der Waals surface area (Å²) in [4.78, 5) is 11.9. The molecule has 4 heteroatoms. The van der Waals surface area contributed by atoms with E-state index in [1.807, 2.05) is 12.1 Å². The maximum atomic E-state index is 10.7. The van der Waals surface area contributed by atoms with Gasteiger partial charge in [-0.1, -0.05) is 19.1 Å². The third-order valence-electron chi connectivity index (χ3n) is 1.86. The SMILES string of the molecule is CCCSc1ccc(C(=N)C(N)=O)cc1. The van der Waals surface area contributed by atoms with Crippen LogP contribution in [0.4, 0.5) is 0 Å². The maximum Gasteiger partial charge on any atom is 0.267 e. The fraction of sp³-hybridized carbons (Fsp3) is 0.273. The summed E-state index contributed by atoms with van der Waals surface area (Å²) in [6.45, 7) is 2.13. The normalized spacial score (nSPS) is 9.93. The van der Waals surface area contributed by atoms with Crippen LogP contribution in [0.1, 0.15) is 18.9 Å². The largest absolute Gasteiger partial charge is 0.364 e. The Morgan fingerprint density at radius 3 is 2.47 bits per heavy atom. The second kappa shape index (κ2) is 5.56. The van der Waals surface area contributed by atoms with Crippen LogP contribution in [0, 0.1) is 5.41 Å². The average molecular weight is 222 g/mol. The van der Waals surface area contributed by atoms with Crippen molar-refractivity contribution in [1.29, 1.82) is 5.41 Å². The molecule has 0 fully saturated rings. The van der Waals surface area contributed by atoms with E-state index >= 15 is 0 Å². The van der Waals surface area contributed by atoms with Gasteiger partial charge in [0.2, 0.25) is 0 Å². The zero-order valence-electron chi connectivity index (χ0n) is 8.62. The summed E-state index contributed by atoms with van der Waals surface area (Å²) in [6.07, 6.45) is 1.13. The van der Waals surface area contributed by atoms with Gasteiger partial charge in [0, 0.05) is 10.5 Å². The van der Waals surface area contributed by atoms with Gasteiger partial charge in [-0.05, 0) is 24.3 Å². The Morgan fingerprint density at radius 2 is 2.00 bits per heavy atom. The highest BCUT2D eigenvalue weighted by Crippen LogP contribution is 2.19. The van der Waals surface area contributed by atoms with E-state index in [0.717, 1.165) is 17.1 Å². The molecule has 0 aliphatic carbocycles. The second-order valence-electron chi connectivity index (χ2n) is 3.11. The lowest BCUT2D eigenvalue weighted by molar-refractivity contribution is -0.112. The molecule has 1 aromatic rings. The highest BCUT2D eigenvalue weighted by atomic mass is 32.2. The van der Waals surface area contributed by atoms with Crippen LogP contribution in [0.2, 0.25) is 0 Å². The van der Waals surface area contributed by atoms with E-state index in [1.165, 1.54) is 0 Å². The van der Waals surface area contributed by atoms with Gasteiger partial charge in [-0.15, -0.1) is 11.8 Å². The standard InChI is InChI=1S/C11H14N2OS/c1-2-7-15-9-5-3-8(4-6-9)10(12)11(13)14/h3-6,12H,2,7H2,1H3,(H2,13,14). The van der Waals surface area contributed by atoms with E-state index in [2.05, 4.69) is 6.92 Å². The molecule has 0 saturated heterocycles. The molecular weight excluding hydrogens is 208 g/mol. The molecule has 0 unspecified atom stereocenters. The van der Waals surface area contributed by atoms with Gasteiger partial charge in [0.05, 0.1) is 0 Å². The van der Waals surface area contributed by atoms with Gasteiger partial charge in [-0.3, -0.25) is 10.2 Å². The van der Waals surface area contributed by atoms with Gasteiger partial charge < -0.3 is 5.73 Å². The quantitative estimate of drug-likeness (QED) is 0.591. The van der Waals surface area contributed by atoms with Crippen LogP contribution in [0.5, 0.6) is 0 Å². The predicted molar refractivity (Wildman–Crippen MR) is 63.5 cm³/mol. The molecule has 80 valence electrons. The molecule has 0 radical (unpaired) electrons. The van der Waals surface area contributed by atoms with E-state index in [0.29, 0.717) is 5.56 Å². The van der Waals surface area contributed by atoms with Crippen molar-refractivity contribution in [1.82, 2.24) is 0 Å². The van der Waals surface area contributed by atoms with Gasteiger partial charge in [0.1, 0.15) is 5.71 Å². The average Bonchev–Trinajstić information content (AvgIpc) is 2.26. The number of benzene rings is 1. The molecule has 0 aliphatic heterocycles. The molecular formula is C11H14N2OS. The fourth-order valence-corrected chi connectivity index (χ4v) is 1.85. The van der Waals surface area contributed by atoms with Crippen molar-refractivity contribution in [3.8, 4) is 0 Å². The molecule has 1 amide bonds. The number of nitrogens with two attached hydrogens (primary N) is 1. The molecule has 3 N–H and O–H groups in total. The maximum absolute atomic E-state index is 10.7. The third-order valence-corrected chi connectivity index (χ3v) is 3.08. The van der Waals surface area contributed by atoms with Gasteiger partial charge in [0.25, 0.3) is 5.91 Å². The fourth-order valence-electron chi connectivity index (χ4n) is 1.08. The summed E-state index contributed by atoms with van der Waals surface area (Å²) in [5, 5.41) is 7.41. The van der Waals surface area contributed by atoms with E-state index in [1.54, 1.807) is 23.9 Å². The highest BCUT2D eigenvalue weighted by Gasteiger charge is 2.06. The lowest BCUT2D eigenvalue weighted by Crippen LogP contribution is -2.22. The first-order chi connectivity index (χ1) is 7.15. The number of thioether (sulfide) groups is 1. The van der Waals surface area contributed by atoms with E-state index in [4.69, 9.17) is 11.1 Å². The lowest BCUT2D eigenvalue weighted by Gasteiger charge is -2.02. The molecule has 0 bridgehead atoms. The number of rotatable bonds is 5. The molecule has 0 spiro atoms. The summed E-state index contributed by atoms with van der Waals surface area (Å²) in [5.41, 5.74) is 5.45. The van der Waals surface area contributed by atoms with Gasteiger partial charge >= 0.3 is 0 Å². The summed E-state index contributed by atoms with van der Waals surface area (Å²) >= 11 is 1.76. The van der Waals surface area contributed by atoms with E-state index in [9.17, 15) is 4.79 Å². The monoisotopic (exact) mass is 222 g/mol. The van der Waals surface area contributed by atoms with Crippen LogP contribution in [0.15, 0.2) is 29.2 Å². The van der Waals surface area contributed by atoms with E-state index in [-0.39, 0.29) is 5.71 Å². The zero-order chi connectivity index (χ0) is 11.3. The molecule has 0 saturated carbocycles. The minimum absolute atomic E-state index is 0.137. The summed E-state index contributed by atoms with van der Waals surface area (Å²) in [5.74, 6) is 0.385. The number of hydrogen-bond acceptors (Lipinski definition) is 3. The van der Waals surface area contributed by atoms with Crippen molar-refractivity contribution in [2.24, 2.45) is 5.73 Å². The Kier molecular flexibility index (Phi) is 4.37.